The van der Waals surface area contributed by atoms with Crippen LogP contribution in [0.2, 0.25) is 0 Å². The van der Waals surface area contributed by atoms with Gasteiger partial charge in [-0.3, -0.25) is 0 Å². The molecule has 62 valence electrons. The summed E-state index contributed by atoms with van der Waals surface area (Å²) in [4.78, 5) is 9.23. The van der Waals surface area contributed by atoms with Gasteiger partial charge in [0.05, 0.1) is 6.61 Å². The van der Waals surface area contributed by atoms with Gasteiger partial charge < -0.3 is 5.11 Å². The van der Waals surface area contributed by atoms with Crippen molar-refractivity contribution in [3.05, 3.63) is 0 Å². The molecule has 0 amide bonds. The monoisotopic (exact) mass is 148 g/mol. The van der Waals surface area contributed by atoms with Crippen molar-refractivity contribution in [1.29, 1.82) is 0 Å². The molecule has 0 radical (unpaired) electrons. The molecule has 0 spiro atoms. The average Bonchev–Trinajstić information content (AvgIpc) is 1.98. The zero-order chi connectivity index (χ0) is 7.82. The van der Waals surface area contributed by atoms with E-state index in [4.69, 9.17) is 5.11 Å². The summed E-state index contributed by atoms with van der Waals surface area (Å²) in [6.45, 7) is 4.46. The van der Waals surface area contributed by atoms with Crippen molar-refractivity contribution < 1.29 is 14.9 Å². The van der Waals surface area contributed by atoms with Crippen LogP contribution < -0.4 is 0 Å². The van der Waals surface area contributed by atoms with Crippen LogP contribution in [-0.2, 0) is 9.78 Å². The van der Waals surface area contributed by atoms with Crippen LogP contribution in [0.4, 0.5) is 0 Å². The highest BCUT2D eigenvalue weighted by molar-refractivity contribution is 4.29. The zero-order valence-corrected chi connectivity index (χ0v) is 6.67. The first kappa shape index (κ1) is 9.88. The summed E-state index contributed by atoms with van der Waals surface area (Å²) < 4.78 is 0. The predicted octanol–water partition coefficient (Wildman–Crippen LogP) is 1.46. The fraction of sp³-hybridized carbons (Fsp3) is 1.00. The van der Waals surface area contributed by atoms with Gasteiger partial charge in [0, 0.05) is 0 Å². The molecule has 0 aromatic heterocycles. The van der Waals surface area contributed by atoms with Crippen LogP contribution in [0.1, 0.15) is 33.1 Å². The predicted molar refractivity (Wildman–Crippen MR) is 38.2 cm³/mol. The van der Waals surface area contributed by atoms with Crippen LogP contribution in [0.3, 0.4) is 0 Å². The minimum absolute atomic E-state index is 0.562. The van der Waals surface area contributed by atoms with Crippen LogP contribution in [-0.4, -0.2) is 18.0 Å². The van der Waals surface area contributed by atoms with E-state index in [0.29, 0.717) is 13.0 Å². The molecular formula is C7H16O3. The highest BCUT2D eigenvalue weighted by Gasteiger charge is 1.98. The van der Waals surface area contributed by atoms with Crippen LogP contribution >= 0.6 is 0 Å². The summed E-state index contributed by atoms with van der Waals surface area (Å²) in [5, 5.41) is 8.81. The number of aliphatic hydroxyl groups excluding tert-OH is 1. The molecular weight excluding hydrogens is 132 g/mol. The molecule has 0 aliphatic carbocycles. The largest absolute Gasteiger partial charge is 0.366 e. The van der Waals surface area contributed by atoms with Gasteiger partial charge in [-0.05, 0) is 12.8 Å². The van der Waals surface area contributed by atoms with E-state index in [-0.39, 0.29) is 0 Å². The Morgan fingerprint density at radius 1 is 1.40 bits per heavy atom. The van der Waals surface area contributed by atoms with Crippen molar-refractivity contribution in [1.82, 2.24) is 0 Å². The molecule has 0 saturated heterocycles. The Morgan fingerprint density at radius 3 is 2.60 bits per heavy atom. The third-order valence-electron chi connectivity index (χ3n) is 1.11. The van der Waals surface area contributed by atoms with Crippen LogP contribution in [0, 0.1) is 0 Å². The van der Waals surface area contributed by atoms with Crippen molar-refractivity contribution >= 4 is 0 Å². The van der Waals surface area contributed by atoms with Gasteiger partial charge in [-0.2, -0.15) is 0 Å². The molecule has 1 atom stereocenters. The maximum atomic E-state index is 8.81. The van der Waals surface area contributed by atoms with Crippen molar-refractivity contribution in [2.45, 2.75) is 39.4 Å². The van der Waals surface area contributed by atoms with Crippen molar-refractivity contribution in [2.24, 2.45) is 0 Å². The fourth-order valence-corrected chi connectivity index (χ4v) is 0.398. The quantitative estimate of drug-likeness (QED) is 0.268. The zero-order valence-electron chi connectivity index (χ0n) is 6.67. The summed E-state index contributed by atoms with van der Waals surface area (Å²) >= 11 is 0. The van der Waals surface area contributed by atoms with E-state index in [1.807, 2.05) is 6.92 Å². The first-order valence-electron chi connectivity index (χ1n) is 3.77. The number of hydrogen-bond acceptors (Lipinski definition) is 3. The third-order valence-corrected chi connectivity index (χ3v) is 1.11. The Balaban J connectivity index is 2.89. The second-order valence-electron chi connectivity index (χ2n) is 2.13. The number of rotatable bonds is 6. The van der Waals surface area contributed by atoms with E-state index in [1.54, 1.807) is 0 Å². The smallest absolute Gasteiger partial charge is 0.188 e. The fourth-order valence-electron chi connectivity index (χ4n) is 0.398. The summed E-state index contributed by atoms with van der Waals surface area (Å²) in [6, 6.07) is 0. The minimum atomic E-state index is -0.767. The third kappa shape index (κ3) is 6.01. The molecule has 0 aromatic rings. The van der Waals surface area contributed by atoms with Gasteiger partial charge in [-0.1, -0.05) is 20.3 Å². The Hall–Kier alpha value is -0.120. The van der Waals surface area contributed by atoms with Gasteiger partial charge >= 0.3 is 0 Å². The minimum Gasteiger partial charge on any atom is -0.366 e. The van der Waals surface area contributed by atoms with E-state index in [1.165, 1.54) is 0 Å². The molecule has 1 unspecified atom stereocenters. The highest BCUT2D eigenvalue weighted by atomic mass is 17.2. The molecule has 3 heteroatoms. The maximum Gasteiger partial charge on any atom is 0.188 e. The normalized spacial score (nSPS) is 13.5. The van der Waals surface area contributed by atoms with Crippen molar-refractivity contribution in [2.75, 3.05) is 6.61 Å². The van der Waals surface area contributed by atoms with Gasteiger partial charge in [0.1, 0.15) is 0 Å². The Labute approximate surface area is 61.9 Å². The lowest BCUT2D eigenvalue weighted by Gasteiger charge is -2.06. The van der Waals surface area contributed by atoms with E-state index in [0.717, 1.165) is 12.8 Å². The molecule has 0 bridgehead atoms. The number of aliphatic hydroxyl groups is 1. The van der Waals surface area contributed by atoms with E-state index in [9.17, 15) is 0 Å². The molecule has 0 rings (SSSR count). The summed E-state index contributed by atoms with van der Waals surface area (Å²) in [5.41, 5.74) is 0. The molecule has 0 aromatic carbocycles. The SMILES string of the molecule is CCCCOOC(O)CC. The molecule has 0 fully saturated rings. The second kappa shape index (κ2) is 6.99. The van der Waals surface area contributed by atoms with E-state index >= 15 is 0 Å². The average molecular weight is 148 g/mol. The number of unbranched alkanes of at least 4 members (excludes halogenated alkanes) is 1. The van der Waals surface area contributed by atoms with E-state index < -0.39 is 6.29 Å². The second-order valence-corrected chi connectivity index (χ2v) is 2.13. The summed E-state index contributed by atoms with van der Waals surface area (Å²) in [5.74, 6) is 0. The molecule has 0 aliphatic heterocycles. The summed E-state index contributed by atoms with van der Waals surface area (Å²) in [7, 11) is 0. The highest BCUT2D eigenvalue weighted by Crippen LogP contribution is 1.95. The van der Waals surface area contributed by atoms with Gasteiger partial charge in [0.2, 0.25) is 0 Å². The molecule has 1 N–H and O–H groups in total. The van der Waals surface area contributed by atoms with Gasteiger partial charge in [-0.25, -0.2) is 9.78 Å². The molecule has 0 aliphatic rings. The number of hydrogen-bond donors (Lipinski definition) is 1. The van der Waals surface area contributed by atoms with Crippen molar-refractivity contribution in [3.63, 3.8) is 0 Å². The molecule has 0 saturated carbocycles. The van der Waals surface area contributed by atoms with E-state index in [2.05, 4.69) is 16.7 Å². The lowest BCUT2D eigenvalue weighted by molar-refractivity contribution is -0.369. The lowest BCUT2D eigenvalue weighted by atomic mass is 10.4. The standard InChI is InChI=1S/C7H16O3/c1-3-5-6-9-10-7(8)4-2/h7-8H,3-6H2,1-2H3. The topological polar surface area (TPSA) is 38.7 Å². The Kier molecular flexibility index (Phi) is 6.91. The lowest BCUT2D eigenvalue weighted by Crippen LogP contribution is -2.11. The van der Waals surface area contributed by atoms with Crippen LogP contribution in [0.25, 0.3) is 0 Å². The van der Waals surface area contributed by atoms with Crippen LogP contribution in [0.5, 0.6) is 0 Å². The van der Waals surface area contributed by atoms with Crippen LogP contribution in [0.15, 0.2) is 0 Å². The van der Waals surface area contributed by atoms with Gasteiger partial charge in [-0.15, -0.1) is 0 Å². The maximum absolute atomic E-state index is 8.81. The van der Waals surface area contributed by atoms with Crippen molar-refractivity contribution in [3.8, 4) is 0 Å². The first-order chi connectivity index (χ1) is 4.81. The Bertz CT molecular complexity index is 65.9. The molecule has 0 heterocycles. The first-order valence-corrected chi connectivity index (χ1v) is 3.77. The van der Waals surface area contributed by atoms with Gasteiger partial charge in [0.25, 0.3) is 0 Å². The molecule has 3 nitrogen and oxygen atoms in total. The Morgan fingerprint density at radius 2 is 2.10 bits per heavy atom. The molecule has 10 heavy (non-hydrogen) atoms. The summed E-state index contributed by atoms with van der Waals surface area (Å²) in [6.07, 6.45) is 1.84. The van der Waals surface area contributed by atoms with Gasteiger partial charge in [0.15, 0.2) is 6.29 Å².